The van der Waals surface area contributed by atoms with Crippen molar-refractivity contribution in [2.45, 2.75) is 26.7 Å². The molecule has 0 aliphatic carbocycles. The number of nitrogens with one attached hydrogen (secondary N) is 1. The van der Waals surface area contributed by atoms with Crippen molar-refractivity contribution in [1.82, 2.24) is 15.5 Å². The van der Waals surface area contributed by atoms with Gasteiger partial charge in [0, 0.05) is 13.0 Å². The molecule has 0 aliphatic rings. The summed E-state index contributed by atoms with van der Waals surface area (Å²) in [5.41, 5.74) is 0.425. The Labute approximate surface area is 112 Å². The van der Waals surface area contributed by atoms with Gasteiger partial charge in [-0.3, -0.25) is 9.59 Å². The van der Waals surface area contributed by atoms with Gasteiger partial charge in [-0.05, 0) is 24.3 Å². The van der Waals surface area contributed by atoms with E-state index < -0.39 is 5.97 Å². The molecule has 1 rings (SSSR count). The summed E-state index contributed by atoms with van der Waals surface area (Å²) in [6.45, 7) is 4.42. The van der Waals surface area contributed by atoms with Crippen LogP contribution >= 0.6 is 0 Å². The van der Waals surface area contributed by atoms with Crippen LogP contribution in [0.15, 0.2) is 18.5 Å². The number of amides is 1. The summed E-state index contributed by atoms with van der Waals surface area (Å²) in [4.78, 5) is 22.6. The van der Waals surface area contributed by atoms with E-state index in [1.807, 2.05) is 13.8 Å². The van der Waals surface area contributed by atoms with Gasteiger partial charge in [-0.2, -0.15) is 10.2 Å². The standard InChI is InChI=1S/C13H19N3O3/c1-9(2)5-10(6-12(17)18)7-14-13(19)11-3-4-15-16-8-11/h3-4,8-10H,5-7H2,1-2H3,(H,14,19)(H,17,18)/t10-/m0/s1. The highest BCUT2D eigenvalue weighted by atomic mass is 16.4. The molecule has 1 amide bonds. The summed E-state index contributed by atoms with van der Waals surface area (Å²) in [5.74, 6) is -0.764. The molecule has 6 heteroatoms. The molecule has 1 heterocycles. The number of nitrogens with zero attached hydrogens (tertiary/aromatic N) is 2. The predicted octanol–water partition coefficient (Wildman–Crippen LogP) is 1.34. The molecule has 1 atom stereocenters. The quantitative estimate of drug-likeness (QED) is 0.776. The van der Waals surface area contributed by atoms with E-state index in [2.05, 4.69) is 15.5 Å². The Morgan fingerprint density at radius 1 is 1.37 bits per heavy atom. The molecular weight excluding hydrogens is 246 g/mol. The first-order chi connectivity index (χ1) is 8.99. The zero-order valence-electron chi connectivity index (χ0n) is 11.2. The third-order valence-corrected chi connectivity index (χ3v) is 2.67. The predicted molar refractivity (Wildman–Crippen MR) is 69.6 cm³/mol. The fourth-order valence-electron chi connectivity index (χ4n) is 1.92. The number of aliphatic carboxylic acids is 1. The summed E-state index contributed by atoms with van der Waals surface area (Å²) >= 11 is 0. The number of carbonyl (C=O) groups excluding carboxylic acids is 1. The van der Waals surface area contributed by atoms with Gasteiger partial charge in [-0.1, -0.05) is 13.8 Å². The minimum atomic E-state index is -0.842. The van der Waals surface area contributed by atoms with Gasteiger partial charge >= 0.3 is 5.97 Å². The van der Waals surface area contributed by atoms with E-state index in [9.17, 15) is 9.59 Å². The van der Waals surface area contributed by atoms with E-state index in [4.69, 9.17) is 5.11 Å². The molecule has 1 aromatic heterocycles. The SMILES string of the molecule is CC(C)C[C@H](CNC(=O)c1ccnnc1)CC(=O)O. The van der Waals surface area contributed by atoms with Crippen LogP contribution < -0.4 is 5.32 Å². The van der Waals surface area contributed by atoms with Crippen molar-refractivity contribution in [2.75, 3.05) is 6.54 Å². The fraction of sp³-hybridized carbons (Fsp3) is 0.538. The van der Waals surface area contributed by atoms with E-state index in [-0.39, 0.29) is 18.2 Å². The molecular formula is C13H19N3O3. The van der Waals surface area contributed by atoms with Crippen molar-refractivity contribution in [2.24, 2.45) is 11.8 Å². The van der Waals surface area contributed by atoms with Gasteiger partial charge in [0.2, 0.25) is 0 Å². The van der Waals surface area contributed by atoms with E-state index in [0.29, 0.717) is 18.0 Å². The Morgan fingerprint density at radius 3 is 2.63 bits per heavy atom. The van der Waals surface area contributed by atoms with Crippen molar-refractivity contribution in [3.63, 3.8) is 0 Å². The van der Waals surface area contributed by atoms with Gasteiger partial charge in [0.15, 0.2) is 0 Å². The molecule has 19 heavy (non-hydrogen) atoms. The van der Waals surface area contributed by atoms with Crippen molar-refractivity contribution < 1.29 is 14.7 Å². The lowest BCUT2D eigenvalue weighted by molar-refractivity contribution is -0.138. The maximum absolute atomic E-state index is 11.8. The molecule has 0 fully saturated rings. The van der Waals surface area contributed by atoms with Gasteiger partial charge in [-0.25, -0.2) is 0 Å². The van der Waals surface area contributed by atoms with Gasteiger partial charge in [0.1, 0.15) is 0 Å². The number of aromatic nitrogens is 2. The van der Waals surface area contributed by atoms with Gasteiger partial charge in [-0.15, -0.1) is 0 Å². The Bertz CT molecular complexity index is 420. The van der Waals surface area contributed by atoms with Crippen LogP contribution in [0.1, 0.15) is 37.0 Å². The minimum Gasteiger partial charge on any atom is -0.481 e. The molecule has 0 saturated heterocycles. The smallest absolute Gasteiger partial charge is 0.303 e. The zero-order valence-corrected chi connectivity index (χ0v) is 11.2. The Hall–Kier alpha value is -1.98. The molecule has 0 saturated carbocycles. The number of carbonyl (C=O) groups is 2. The van der Waals surface area contributed by atoms with Crippen molar-refractivity contribution in [3.8, 4) is 0 Å². The molecule has 1 aromatic rings. The second-order valence-electron chi connectivity index (χ2n) is 4.93. The molecule has 0 bridgehead atoms. The van der Waals surface area contributed by atoms with Crippen LogP contribution in [-0.2, 0) is 4.79 Å². The average Bonchev–Trinajstić information content (AvgIpc) is 2.35. The van der Waals surface area contributed by atoms with Crippen LogP contribution in [0.3, 0.4) is 0 Å². The monoisotopic (exact) mass is 265 g/mol. The van der Waals surface area contributed by atoms with E-state index >= 15 is 0 Å². The topological polar surface area (TPSA) is 92.2 Å². The number of hydrogen-bond acceptors (Lipinski definition) is 4. The maximum atomic E-state index is 11.8. The highest BCUT2D eigenvalue weighted by Crippen LogP contribution is 2.14. The number of rotatable bonds is 7. The Balaban J connectivity index is 2.51. The largest absolute Gasteiger partial charge is 0.481 e. The molecule has 2 N–H and O–H groups in total. The van der Waals surface area contributed by atoms with Crippen molar-refractivity contribution >= 4 is 11.9 Å². The first-order valence-electron chi connectivity index (χ1n) is 6.25. The lowest BCUT2D eigenvalue weighted by Crippen LogP contribution is -2.31. The van der Waals surface area contributed by atoms with Crippen LogP contribution in [0.4, 0.5) is 0 Å². The second-order valence-corrected chi connectivity index (χ2v) is 4.93. The highest BCUT2D eigenvalue weighted by Gasteiger charge is 2.16. The van der Waals surface area contributed by atoms with Gasteiger partial charge < -0.3 is 10.4 Å². The van der Waals surface area contributed by atoms with E-state index in [1.54, 1.807) is 6.07 Å². The summed E-state index contributed by atoms with van der Waals surface area (Å²) in [7, 11) is 0. The summed E-state index contributed by atoms with van der Waals surface area (Å²) in [6, 6.07) is 1.57. The fourth-order valence-corrected chi connectivity index (χ4v) is 1.92. The maximum Gasteiger partial charge on any atom is 0.303 e. The van der Waals surface area contributed by atoms with Crippen molar-refractivity contribution in [1.29, 1.82) is 0 Å². The van der Waals surface area contributed by atoms with Crippen LogP contribution in [-0.4, -0.2) is 33.7 Å². The first-order valence-corrected chi connectivity index (χ1v) is 6.25. The summed E-state index contributed by atoms with van der Waals surface area (Å²) in [6.07, 6.45) is 3.65. The lowest BCUT2D eigenvalue weighted by atomic mass is 9.94. The molecule has 0 aliphatic heterocycles. The zero-order chi connectivity index (χ0) is 14.3. The third-order valence-electron chi connectivity index (χ3n) is 2.67. The molecule has 6 nitrogen and oxygen atoms in total. The van der Waals surface area contributed by atoms with Gasteiger partial charge in [0.05, 0.1) is 18.0 Å². The highest BCUT2D eigenvalue weighted by molar-refractivity contribution is 5.93. The van der Waals surface area contributed by atoms with Crippen molar-refractivity contribution in [3.05, 3.63) is 24.0 Å². The van der Waals surface area contributed by atoms with E-state index in [1.165, 1.54) is 12.4 Å². The Kier molecular flexibility index (Phi) is 5.92. The molecule has 0 unspecified atom stereocenters. The minimum absolute atomic E-state index is 0.0590. The number of hydrogen-bond donors (Lipinski definition) is 2. The van der Waals surface area contributed by atoms with Crippen LogP contribution in [0, 0.1) is 11.8 Å². The van der Waals surface area contributed by atoms with E-state index in [0.717, 1.165) is 6.42 Å². The molecule has 104 valence electrons. The second kappa shape index (κ2) is 7.45. The molecule has 0 radical (unpaired) electrons. The summed E-state index contributed by atoms with van der Waals surface area (Å²) < 4.78 is 0. The van der Waals surface area contributed by atoms with Gasteiger partial charge in [0.25, 0.3) is 5.91 Å². The third kappa shape index (κ3) is 5.94. The average molecular weight is 265 g/mol. The lowest BCUT2D eigenvalue weighted by Gasteiger charge is -2.17. The first kappa shape index (κ1) is 15.1. The molecule has 0 aromatic carbocycles. The van der Waals surface area contributed by atoms with Crippen LogP contribution in [0.2, 0.25) is 0 Å². The Morgan fingerprint density at radius 2 is 2.11 bits per heavy atom. The normalized spacial score (nSPS) is 12.2. The molecule has 0 spiro atoms. The number of carboxylic acid groups (broad SMARTS) is 1. The van der Waals surface area contributed by atoms with Crippen LogP contribution in [0.25, 0.3) is 0 Å². The van der Waals surface area contributed by atoms with Crippen LogP contribution in [0.5, 0.6) is 0 Å². The summed E-state index contributed by atoms with van der Waals surface area (Å²) in [5, 5.41) is 18.8. The number of carboxylic acids is 1.